The summed E-state index contributed by atoms with van der Waals surface area (Å²) < 4.78 is 25.2. The maximum Gasteiger partial charge on any atom is 0.256 e. The summed E-state index contributed by atoms with van der Waals surface area (Å²) in [6.07, 6.45) is -5.39. The lowest BCUT2D eigenvalue weighted by molar-refractivity contribution is -0.144. The zero-order valence-corrected chi connectivity index (χ0v) is 9.31. The number of aliphatic hydroxyl groups excluding tert-OH is 2. The number of rotatable bonds is 3. The van der Waals surface area contributed by atoms with Crippen LogP contribution in [0.4, 0.5) is 8.78 Å². The average molecular weight is 237 g/mol. The van der Waals surface area contributed by atoms with Crippen molar-refractivity contribution in [3.63, 3.8) is 0 Å². The van der Waals surface area contributed by atoms with Crippen molar-refractivity contribution in [2.75, 3.05) is 13.6 Å². The highest BCUT2D eigenvalue weighted by atomic mass is 19.3. The Morgan fingerprint density at radius 2 is 2.00 bits per heavy atom. The number of likely N-dealkylation sites (N-methyl/N-ethyl adjacent to an activating group) is 1. The van der Waals surface area contributed by atoms with Crippen LogP contribution < -0.4 is 0 Å². The number of alkyl halides is 2. The number of aliphatic hydroxyl groups is 2. The standard InChI is InChI=1S/C10H17F2NO3/c1-5(14)3-6-4-13(2)7(10(11)12)9(16)8(6)15/h6-10,15-16H,3-4H2,1-2H3/t6-,7-,8+,9+/m0/s1. The summed E-state index contributed by atoms with van der Waals surface area (Å²) in [7, 11) is 1.46. The lowest BCUT2D eigenvalue weighted by atomic mass is 9.85. The molecule has 0 saturated carbocycles. The van der Waals surface area contributed by atoms with E-state index in [2.05, 4.69) is 0 Å². The van der Waals surface area contributed by atoms with Crippen LogP contribution in [0.3, 0.4) is 0 Å². The molecule has 1 saturated heterocycles. The number of carbonyl (C=O) groups is 1. The van der Waals surface area contributed by atoms with E-state index in [1.165, 1.54) is 18.9 Å². The number of piperidine rings is 1. The van der Waals surface area contributed by atoms with Crippen LogP contribution in [-0.4, -0.2) is 59.2 Å². The number of halogens is 2. The van der Waals surface area contributed by atoms with Crippen molar-refractivity contribution in [3.8, 4) is 0 Å². The van der Waals surface area contributed by atoms with Crippen molar-refractivity contribution < 1.29 is 23.8 Å². The van der Waals surface area contributed by atoms with Gasteiger partial charge in [0.05, 0.1) is 12.1 Å². The molecule has 0 aromatic rings. The van der Waals surface area contributed by atoms with Gasteiger partial charge < -0.3 is 15.0 Å². The molecule has 1 aliphatic heterocycles. The van der Waals surface area contributed by atoms with Crippen molar-refractivity contribution in [2.24, 2.45) is 5.92 Å². The van der Waals surface area contributed by atoms with Crippen molar-refractivity contribution in [1.82, 2.24) is 4.90 Å². The minimum Gasteiger partial charge on any atom is -0.390 e. The van der Waals surface area contributed by atoms with E-state index in [9.17, 15) is 23.8 Å². The van der Waals surface area contributed by atoms with Gasteiger partial charge >= 0.3 is 0 Å². The summed E-state index contributed by atoms with van der Waals surface area (Å²) in [6.45, 7) is 1.56. The van der Waals surface area contributed by atoms with Gasteiger partial charge in [-0.2, -0.15) is 0 Å². The summed E-state index contributed by atoms with van der Waals surface area (Å²) in [4.78, 5) is 12.2. The van der Waals surface area contributed by atoms with Crippen molar-refractivity contribution in [3.05, 3.63) is 0 Å². The van der Waals surface area contributed by atoms with Gasteiger partial charge in [-0.25, -0.2) is 8.78 Å². The van der Waals surface area contributed by atoms with Gasteiger partial charge in [-0.3, -0.25) is 4.90 Å². The molecule has 94 valence electrons. The zero-order valence-electron chi connectivity index (χ0n) is 9.31. The number of hydrogen-bond acceptors (Lipinski definition) is 4. The van der Waals surface area contributed by atoms with E-state index < -0.39 is 30.6 Å². The van der Waals surface area contributed by atoms with E-state index in [1.807, 2.05) is 0 Å². The van der Waals surface area contributed by atoms with Crippen molar-refractivity contribution in [2.45, 2.75) is 38.0 Å². The van der Waals surface area contributed by atoms with Crippen LogP contribution in [0.2, 0.25) is 0 Å². The van der Waals surface area contributed by atoms with E-state index in [0.29, 0.717) is 0 Å². The molecule has 0 unspecified atom stereocenters. The maximum atomic E-state index is 12.6. The van der Waals surface area contributed by atoms with Crippen molar-refractivity contribution >= 4 is 5.78 Å². The Hall–Kier alpha value is -0.590. The second-order valence-corrected chi connectivity index (χ2v) is 4.41. The fourth-order valence-corrected chi connectivity index (χ4v) is 2.24. The van der Waals surface area contributed by atoms with Gasteiger partial charge in [0.25, 0.3) is 6.43 Å². The quantitative estimate of drug-likeness (QED) is 0.718. The van der Waals surface area contributed by atoms with Gasteiger partial charge in [0.2, 0.25) is 0 Å². The minimum atomic E-state index is -2.71. The molecule has 0 amide bonds. The summed E-state index contributed by atoms with van der Waals surface area (Å²) in [6, 6.07) is -1.36. The van der Waals surface area contributed by atoms with E-state index in [0.717, 1.165) is 0 Å². The molecule has 1 rings (SSSR count). The fourth-order valence-electron chi connectivity index (χ4n) is 2.24. The Labute approximate surface area is 92.9 Å². The monoisotopic (exact) mass is 237 g/mol. The van der Waals surface area contributed by atoms with E-state index >= 15 is 0 Å². The predicted octanol–water partition coefficient (Wildman–Crippen LogP) is -0.117. The maximum absolute atomic E-state index is 12.6. The van der Waals surface area contributed by atoms with E-state index in [-0.39, 0.29) is 18.7 Å². The molecule has 0 radical (unpaired) electrons. The van der Waals surface area contributed by atoms with E-state index in [4.69, 9.17) is 0 Å². The molecular weight excluding hydrogens is 220 g/mol. The number of Topliss-reactive ketones (excluding diaryl/α,β-unsaturated/α-hetero) is 1. The van der Waals surface area contributed by atoms with Gasteiger partial charge in [-0.05, 0) is 14.0 Å². The fraction of sp³-hybridized carbons (Fsp3) is 0.900. The molecule has 6 heteroatoms. The van der Waals surface area contributed by atoms with Gasteiger partial charge in [0.1, 0.15) is 11.9 Å². The number of ketones is 1. The van der Waals surface area contributed by atoms with Gasteiger partial charge in [0.15, 0.2) is 0 Å². The normalized spacial score (nSPS) is 36.7. The molecule has 2 N–H and O–H groups in total. The predicted molar refractivity (Wildman–Crippen MR) is 53.2 cm³/mol. The molecule has 0 aromatic heterocycles. The van der Waals surface area contributed by atoms with Crippen molar-refractivity contribution in [1.29, 1.82) is 0 Å². The highest BCUT2D eigenvalue weighted by Gasteiger charge is 2.44. The number of carbonyl (C=O) groups excluding carboxylic acids is 1. The Kier molecular flexibility index (Phi) is 4.35. The van der Waals surface area contributed by atoms with Gasteiger partial charge in [-0.1, -0.05) is 0 Å². The van der Waals surface area contributed by atoms with Crippen LogP contribution in [0.25, 0.3) is 0 Å². The zero-order chi connectivity index (χ0) is 12.5. The average Bonchev–Trinajstić information content (AvgIpc) is 2.12. The lowest BCUT2D eigenvalue weighted by Crippen LogP contribution is -2.60. The first-order valence-corrected chi connectivity index (χ1v) is 5.18. The van der Waals surface area contributed by atoms with Crippen LogP contribution in [0.5, 0.6) is 0 Å². The smallest absolute Gasteiger partial charge is 0.256 e. The Morgan fingerprint density at radius 3 is 2.44 bits per heavy atom. The lowest BCUT2D eigenvalue weighted by Gasteiger charge is -2.43. The molecular formula is C10H17F2NO3. The summed E-state index contributed by atoms with van der Waals surface area (Å²) >= 11 is 0. The first kappa shape index (κ1) is 13.5. The third kappa shape index (κ3) is 2.75. The molecule has 4 atom stereocenters. The Balaban J connectivity index is 2.74. The molecule has 1 aliphatic rings. The molecule has 4 nitrogen and oxygen atoms in total. The Bertz CT molecular complexity index is 262. The third-order valence-corrected chi connectivity index (χ3v) is 3.02. The molecule has 16 heavy (non-hydrogen) atoms. The van der Waals surface area contributed by atoms with Gasteiger partial charge in [0, 0.05) is 18.9 Å². The highest BCUT2D eigenvalue weighted by Crippen LogP contribution is 2.27. The van der Waals surface area contributed by atoms with E-state index in [1.54, 1.807) is 0 Å². The topological polar surface area (TPSA) is 60.8 Å². The summed E-state index contributed by atoms with van der Waals surface area (Å²) in [5.41, 5.74) is 0. The second kappa shape index (κ2) is 5.16. The highest BCUT2D eigenvalue weighted by molar-refractivity contribution is 5.75. The minimum absolute atomic E-state index is 0.0958. The van der Waals surface area contributed by atoms with Crippen LogP contribution in [0.15, 0.2) is 0 Å². The van der Waals surface area contributed by atoms with Crippen LogP contribution in [-0.2, 0) is 4.79 Å². The molecule has 0 bridgehead atoms. The number of hydrogen-bond donors (Lipinski definition) is 2. The first-order chi connectivity index (χ1) is 7.34. The Morgan fingerprint density at radius 1 is 1.44 bits per heavy atom. The molecule has 0 aliphatic carbocycles. The molecule has 1 fully saturated rings. The van der Waals surface area contributed by atoms with Crippen LogP contribution >= 0.6 is 0 Å². The van der Waals surface area contributed by atoms with Crippen LogP contribution in [0, 0.1) is 5.92 Å². The molecule has 1 heterocycles. The summed E-state index contributed by atoms with van der Waals surface area (Å²) in [5.74, 6) is -0.604. The summed E-state index contributed by atoms with van der Waals surface area (Å²) in [5, 5.41) is 19.2. The SMILES string of the molecule is CC(=O)C[C@H]1CN(C)[C@H](C(F)F)[C@@H](O)[C@@H]1O. The second-order valence-electron chi connectivity index (χ2n) is 4.41. The molecule has 0 spiro atoms. The van der Waals surface area contributed by atoms with Gasteiger partial charge in [-0.15, -0.1) is 0 Å². The number of nitrogens with zero attached hydrogens (tertiary/aromatic N) is 1. The largest absolute Gasteiger partial charge is 0.390 e. The third-order valence-electron chi connectivity index (χ3n) is 3.02. The first-order valence-electron chi connectivity index (χ1n) is 5.18. The number of likely N-dealkylation sites (tertiary alicyclic amines) is 1. The van der Waals surface area contributed by atoms with Crippen LogP contribution in [0.1, 0.15) is 13.3 Å². The molecule has 0 aromatic carbocycles.